The Morgan fingerprint density at radius 1 is 1.00 bits per heavy atom. The predicted octanol–water partition coefficient (Wildman–Crippen LogP) is 4.84. The molecule has 1 atom stereocenters. The first-order chi connectivity index (χ1) is 19.9. The molecule has 1 saturated heterocycles. The minimum absolute atomic E-state index is 0.0564. The Balaban J connectivity index is 1.34. The number of anilines is 1. The van der Waals surface area contributed by atoms with E-state index in [1.165, 1.54) is 12.1 Å². The van der Waals surface area contributed by atoms with Crippen molar-refractivity contribution in [1.82, 2.24) is 5.32 Å². The van der Waals surface area contributed by atoms with E-state index in [1.54, 1.807) is 49.6 Å². The van der Waals surface area contributed by atoms with E-state index in [2.05, 4.69) is 5.32 Å². The molecule has 1 unspecified atom stereocenters. The zero-order valence-electron chi connectivity index (χ0n) is 23.3. The molecule has 1 fully saturated rings. The standard InChI is InChI=1S/C31H37FN2O6S/c1-37-26-8-5-23(6-9-26)21-34(41(35,36)29-11-7-25-20-33-14-13-24(25)18-29)31-12-10-27(19-30(31)32)40-17-16-38-22-28-4-2-3-15-39-28/h5-12,18-19,28,33H,2-4,13-17,20-22H2,1H3. The second-order valence-corrected chi connectivity index (χ2v) is 12.1. The molecule has 2 heterocycles. The Kier molecular flexibility index (Phi) is 9.76. The van der Waals surface area contributed by atoms with Crippen molar-refractivity contribution < 1.29 is 31.8 Å². The number of rotatable bonds is 12. The largest absolute Gasteiger partial charge is 0.497 e. The lowest BCUT2D eigenvalue weighted by Crippen LogP contribution is -2.32. The van der Waals surface area contributed by atoms with Crippen molar-refractivity contribution in [2.45, 2.75) is 49.8 Å². The monoisotopic (exact) mass is 584 g/mol. The van der Waals surface area contributed by atoms with Gasteiger partial charge in [0.05, 0.1) is 43.6 Å². The third kappa shape index (κ3) is 7.37. The Bertz CT molecular complexity index is 1410. The Labute approximate surface area is 241 Å². The van der Waals surface area contributed by atoms with Crippen molar-refractivity contribution in [3.05, 3.63) is 83.2 Å². The van der Waals surface area contributed by atoms with E-state index in [1.807, 2.05) is 6.07 Å². The molecule has 8 nitrogen and oxygen atoms in total. The van der Waals surface area contributed by atoms with E-state index in [9.17, 15) is 8.42 Å². The number of ether oxygens (including phenoxy) is 4. The fourth-order valence-electron chi connectivity index (χ4n) is 5.09. The van der Waals surface area contributed by atoms with Crippen molar-refractivity contribution in [2.75, 3.05) is 44.4 Å². The Morgan fingerprint density at radius 3 is 2.59 bits per heavy atom. The topological polar surface area (TPSA) is 86.3 Å². The number of halogens is 1. The Hall–Kier alpha value is -3.18. The van der Waals surface area contributed by atoms with Crippen molar-refractivity contribution in [2.24, 2.45) is 0 Å². The van der Waals surface area contributed by atoms with Crippen molar-refractivity contribution in [1.29, 1.82) is 0 Å². The highest BCUT2D eigenvalue weighted by Gasteiger charge is 2.29. The molecule has 0 spiro atoms. The number of methoxy groups -OCH3 is 1. The number of benzene rings is 3. The summed E-state index contributed by atoms with van der Waals surface area (Å²) in [5.41, 5.74) is 2.68. The molecule has 10 heteroatoms. The van der Waals surface area contributed by atoms with E-state index in [-0.39, 0.29) is 29.8 Å². The molecule has 41 heavy (non-hydrogen) atoms. The van der Waals surface area contributed by atoms with Gasteiger partial charge in [-0.15, -0.1) is 0 Å². The highest BCUT2D eigenvalue weighted by Crippen LogP contribution is 2.32. The molecule has 0 bridgehead atoms. The molecule has 1 N–H and O–H groups in total. The minimum atomic E-state index is -4.10. The summed E-state index contributed by atoms with van der Waals surface area (Å²) in [6.07, 6.45) is 4.07. The minimum Gasteiger partial charge on any atom is -0.497 e. The van der Waals surface area contributed by atoms with Crippen LogP contribution >= 0.6 is 0 Å². The molecular formula is C31H37FN2O6S. The van der Waals surface area contributed by atoms with Crippen LogP contribution in [0.25, 0.3) is 0 Å². The third-order valence-electron chi connectivity index (χ3n) is 7.40. The zero-order chi connectivity index (χ0) is 28.7. The molecule has 0 aromatic heterocycles. The normalized spacial score (nSPS) is 17.1. The second-order valence-electron chi connectivity index (χ2n) is 10.2. The van der Waals surface area contributed by atoms with Crippen LogP contribution in [0.1, 0.15) is 36.0 Å². The average molecular weight is 585 g/mol. The third-order valence-corrected chi connectivity index (χ3v) is 9.16. The van der Waals surface area contributed by atoms with Crippen LogP contribution in [0.2, 0.25) is 0 Å². The Morgan fingerprint density at radius 2 is 1.83 bits per heavy atom. The SMILES string of the molecule is COc1ccc(CN(c2ccc(OCCOCC3CCCCO3)cc2F)S(=O)(=O)c2ccc3c(c2)CCNC3)cc1. The van der Waals surface area contributed by atoms with E-state index in [0.717, 1.165) is 54.3 Å². The molecule has 2 aliphatic heterocycles. The van der Waals surface area contributed by atoms with Crippen molar-refractivity contribution >= 4 is 15.7 Å². The summed E-state index contributed by atoms with van der Waals surface area (Å²) in [4.78, 5) is 0.130. The van der Waals surface area contributed by atoms with Crippen LogP contribution in [0.3, 0.4) is 0 Å². The lowest BCUT2D eigenvalue weighted by molar-refractivity contribution is -0.0444. The van der Waals surface area contributed by atoms with Gasteiger partial charge in [-0.05, 0) is 85.3 Å². The van der Waals surface area contributed by atoms with Crippen LogP contribution < -0.4 is 19.1 Å². The lowest BCUT2D eigenvalue weighted by Gasteiger charge is -2.26. The van der Waals surface area contributed by atoms with Gasteiger partial charge in [0.2, 0.25) is 0 Å². The molecule has 3 aromatic carbocycles. The number of nitrogens with zero attached hydrogens (tertiary/aromatic N) is 1. The average Bonchev–Trinajstić information content (AvgIpc) is 3.00. The van der Waals surface area contributed by atoms with E-state index in [0.29, 0.717) is 36.8 Å². The summed E-state index contributed by atoms with van der Waals surface area (Å²) in [7, 11) is -2.54. The fraction of sp³-hybridized carbons (Fsp3) is 0.419. The van der Waals surface area contributed by atoms with Gasteiger partial charge in [0, 0.05) is 19.2 Å². The highest BCUT2D eigenvalue weighted by atomic mass is 32.2. The lowest BCUT2D eigenvalue weighted by atomic mass is 10.0. The van der Waals surface area contributed by atoms with E-state index in [4.69, 9.17) is 18.9 Å². The van der Waals surface area contributed by atoms with Gasteiger partial charge in [-0.25, -0.2) is 12.8 Å². The summed E-state index contributed by atoms with van der Waals surface area (Å²) in [5, 5.41) is 3.29. The molecule has 0 aliphatic carbocycles. The van der Waals surface area contributed by atoms with Crippen LogP contribution in [-0.2, 0) is 39.0 Å². The molecule has 0 radical (unpaired) electrons. The van der Waals surface area contributed by atoms with Crippen molar-refractivity contribution in [3.8, 4) is 11.5 Å². The van der Waals surface area contributed by atoms with Crippen LogP contribution in [0, 0.1) is 5.82 Å². The summed E-state index contributed by atoms with van der Waals surface area (Å²) in [5.74, 6) is 0.250. The van der Waals surface area contributed by atoms with Gasteiger partial charge in [0.1, 0.15) is 18.1 Å². The summed E-state index contributed by atoms with van der Waals surface area (Å²) >= 11 is 0. The predicted molar refractivity (Wildman–Crippen MR) is 155 cm³/mol. The van der Waals surface area contributed by atoms with Gasteiger partial charge in [-0.3, -0.25) is 4.31 Å². The molecule has 5 rings (SSSR count). The number of sulfonamides is 1. The summed E-state index contributed by atoms with van der Waals surface area (Å²) in [6.45, 7) is 3.28. The first-order valence-corrected chi connectivity index (χ1v) is 15.5. The van der Waals surface area contributed by atoms with E-state index < -0.39 is 15.8 Å². The van der Waals surface area contributed by atoms with Crippen LogP contribution in [0.15, 0.2) is 65.6 Å². The van der Waals surface area contributed by atoms with Crippen LogP contribution in [0.5, 0.6) is 11.5 Å². The second kappa shape index (κ2) is 13.7. The molecular weight excluding hydrogens is 547 g/mol. The van der Waals surface area contributed by atoms with Gasteiger partial charge in [-0.2, -0.15) is 0 Å². The van der Waals surface area contributed by atoms with Crippen LogP contribution in [0.4, 0.5) is 10.1 Å². The number of hydrogen-bond acceptors (Lipinski definition) is 7. The highest BCUT2D eigenvalue weighted by molar-refractivity contribution is 7.92. The molecule has 0 saturated carbocycles. The first-order valence-electron chi connectivity index (χ1n) is 14.0. The maximum Gasteiger partial charge on any atom is 0.264 e. The molecule has 2 aliphatic rings. The maximum atomic E-state index is 15.6. The first kappa shape index (κ1) is 29.3. The van der Waals surface area contributed by atoms with Gasteiger partial charge in [0.25, 0.3) is 10.0 Å². The van der Waals surface area contributed by atoms with Gasteiger partial charge in [0.15, 0.2) is 5.82 Å². The van der Waals surface area contributed by atoms with Gasteiger partial charge < -0.3 is 24.3 Å². The maximum absolute atomic E-state index is 15.6. The van der Waals surface area contributed by atoms with E-state index >= 15 is 4.39 Å². The van der Waals surface area contributed by atoms with Gasteiger partial charge in [-0.1, -0.05) is 18.2 Å². The van der Waals surface area contributed by atoms with Crippen molar-refractivity contribution in [3.63, 3.8) is 0 Å². The fourth-order valence-corrected chi connectivity index (χ4v) is 6.60. The molecule has 3 aromatic rings. The molecule has 0 amide bonds. The number of hydrogen-bond donors (Lipinski definition) is 1. The number of fused-ring (bicyclic) bond motifs is 1. The summed E-state index contributed by atoms with van der Waals surface area (Å²) in [6, 6.07) is 16.4. The van der Waals surface area contributed by atoms with Gasteiger partial charge >= 0.3 is 0 Å². The molecule has 220 valence electrons. The smallest absolute Gasteiger partial charge is 0.264 e. The van der Waals surface area contributed by atoms with Crippen LogP contribution in [-0.4, -0.2) is 54.6 Å². The zero-order valence-corrected chi connectivity index (χ0v) is 24.1. The quantitative estimate of drug-likeness (QED) is 0.305. The summed E-state index contributed by atoms with van der Waals surface area (Å²) < 4.78 is 67.0. The number of nitrogens with one attached hydrogen (secondary N) is 1.